The molecule has 1 heterocycles. The van der Waals surface area contributed by atoms with Crippen LogP contribution in [0.15, 0.2) is 30.6 Å². The summed E-state index contributed by atoms with van der Waals surface area (Å²) in [6.45, 7) is 0. The van der Waals surface area contributed by atoms with Gasteiger partial charge in [0.1, 0.15) is 0 Å². The molecule has 2 aromatic rings. The highest BCUT2D eigenvalue weighted by atomic mass is 35.5. The van der Waals surface area contributed by atoms with Crippen molar-refractivity contribution in [1.29, 1.82) is 0 Å². The van der Waals surface area contributed by atoms with Crippen LogP contribution in [-0.2, 0) is 7.05 Å². The standard InChI is InChI=1S/C12H10ClN3O3/c1-16-6-8(5-14-16)11(17)15-10-3-7(12(18)19)2-9(13)4-10/h2-6H,1H3,(H,15,17)(H,18,19). The molecule has 1 aromatic heterocycles. The fourth-order valence-electron chi connectivity index (χ4n) is 1.53. The number of carboxylic acid groups (broad SMARTS) is 1. The Morgan fingerprint density at radius 3 is 2.63 bits per heavy atom. The van der Waals surface area contributed by atoms with Crippen molar-refractivity contribution >= 4 is 29.2 Å². The molecule has 1 amide bonds. The van der Waals surface area contributed by atoms with Crippen LogP contribution in [0.3, 0.4) is 0 Å². The molecule has 0 saturated heterocycles. The molecular weight excluding hydrogens is 270 g/mol. The van der Waals surface area contributed by atoms with E-state index in [0.717, 1.165) is 0 Å². The van der Waals surface area contributed by atoms with Crippen molar-refractivity contribution in [2.45, 2.75) is 0 Å². The number of carbonyl (C=O) groups is 2. The molecule has 0 saturated carbocycles. The molecule has 2 rings (SSSR count). The molecule has 0 unspecified atom stereocenters. The highest BCUT2D eigenvalue weighted by molar-refractivity contribution is 6.31. The number of hydrogen-bond donors (Lipinski definition) is 2. The number of aromatic nitrogens is 2. The number of aromatic carboxylic acids is 1. The number of amides is 1. The van der Waals surface area contributed by atoms with Crippen molar-refractivity contribution in [3.8, 4) is 0 Å². The summed E-state index contributed by atoms with van der Waals surface area (Å²) >= 11 is 5.80. The molecule has 0 fully saturated rings. The Kier molecular flexibility index (Phi) is 3.52. The first-order valence-corrected chi connectivity index (χ1v) is 5.67. The predicted molar refractivity (Wildman–Crippen MR) is 69.6 cm³/mol. The highest BCUT2D eigenvalue weighted by Gasteiger charge is 2.11. The summed E-state index contributed by atoms with van der Waals surface area (Å²) in [6.07, 6.45) is 2.97. The lowest BCUT2D eigenvalue weighted by atomic mass is 10.2. The second-order valence-electron chi connectivity index (χ2n) is 3.89. The maximum absolute atomic E-state index is 11.9. The van der Waals surface area contributed by atoms with Crippen LogP contribution in [0, 0.1) is 0 Å². The number of halogens is 1. The van der Waals surface area contributed by atoms with Gasteiger partial charge in [0.25, 0.3) is 5.91 Å². The molecule has 0 aliphatic carbocycles. The van der Waals surface area contributed by atoms with Crippen LogP contribution in [-0.4, -0.2) is 26.8 Å². The molecule has 98 valence electrons. The fourth-order valence-corrected chi connectivity index (χ4v) is 1.76. The minimum absolute atomic E-state index is 0.00832. The first kappa shape index (κ1) is 13.1. The molecule has 0 bridgehead atoms. The Morgan fingerprint density at radius 1 is 1.32 bits per heavy atom. The lowest BCUT2D eigenvalue weighted by molar-refractivity contribution is 0.0696. The Morgan fingerprint density at radius 2 is 2.05 bits per heavy atom. The van der Waals surface area contributed by atoms with Gasteiger partial charge in [-0.05, 0) is 18.2 Å². The molecular formula is C12H10ClN3O3. The average Bonchev–Trinajstić information content (AvgIpc) is 2.75. The average molecular weight is 280 g/mol. The number of nitrogens with one attached hydrogen (secondary N) is 1. The molecule has 1 aromatic carbocycles. The normalized spacial score (nSPS) is 10.2. The van der Waals surface area contributed by atoms with E-state index in [9.17, 15) is 9.59 Å². The van der Waals surface area contributed by atoms with Crippen LogP contribution in [0.25, 0.3) is 0 Å². The molecule has 0 aliphatic heterocycles. The van der Waals surface area contributed by atoms with E-state index in [1.54, 1.807) is 13.2 Å². The molecule has 0 aliphatic rings. The van der Waals surface area contributed by atoms with Gasteiger partial charge in [0.15, 0.2) is 0 Å². The lowest BCUT2D eigenvalue weighted by Crippen LogP contribution is -2.11. The summed E-state index contributed by atoms with van der Waals surface area (Å²) in [5.74, 6) is -1.49. The second kappa shape index (κ2) is 5.11. The van der Waals surface area contributed by atoms with Gasteiger partial charge in [-0.25, -0.2) is 4.79 Å². The fraction of sp³-hybridized carbons (Fsp3) is 0.0833. The van der Waals surface area contributed by atoms with Gasteiger partial charge in [-0.15, -0.1) is 0 Å². The monoisotopic (exact) mass is 279 g/mol. The van der Waals surface area contributed by atoms with Gasteiger partial charge in [-0.3, -0.25) is 9.48 Å². The predicted octanol–water partition coefficient (Wildman–Crippen LogP) is 2.02. The van der Waals surface area contributed by atoms with E-state index in [0.29, 0.717) is 11.3 Å². The minimum atomic E-state index is -1.11. The van der Waals surface area contributed by atoms with E-state index in [4.69, 9.17) is 16.7 Å². The van der Waals surface area contributed by atoms with Gasteiger partial charge in [0.2, 0.25) is 0 Å². The Balaban J connectivity index is 2.23. The van der Waals surface area contributed by atoms with Gasteiger partial charge < -0.3 is 10.4 Å². The van der Waals surface area contributed by atoms with Crippen LogP contribution in [0.4, 0.5) is 5.69 Å². The quantitative estimate of drug-likeness (QED) is 0.900. The number of aryl methyl sites for hydroxylation is 1. The number of rotatable bonds is 3. The second-order valence-corrected chi connectivity index (χ2v) is 4.33. The van der Waals surface area contributed by atoms with E-state index >= 15 is 0 Å². The molecule has 0 radical (unpaired) electrons. The molecule has 0 atom stereocenters. The van der Waals surface area contributed by atoms with E-state index in [1.807, 2.05) is 0 Å². The van der Waals surface area contributed by atoms with Crippen LogP contribution < -0.4 is 5.32 Å². The zero-order valence-corrected chi connectivity index (χ0v) is 10.7. The summed E-state index contributed by atoms with van der Waals surface area (Å²) in [4.78, 5) is 22.7. The van der Waals surface area contributed by atoms with E-state index in [1.165, 1.54) is 29.1 Å². The zero-order valence-electron chi connectivity index (χ0n) is 9.92. The maximum atomic E-state index is 11.9. The summed E-state index contributed by atoms with van der Waals surface area (Å²) in [5, 5.41) is 15.6. The van der Waals surface area contributed by atoms with Crippen molar-refractivity contribution in [3.05, 3.63) is 46.7 Å². The van der Waals surface area contributed by atoms with E-state index in [-0.39, 0.29) is 16.5 Å². The Labute approximate surface area is 113 Å². The summed E-state index contributed by atoms with van der Waals surface area (Å²) in [6, 6.07) is 4.12. The largest absolute Gasteiger partial charge is 0.478 e. The third-order valence-corrected chi connectivity index (χ3v) is 2.59. The number of anilines is 1. The third-order valence-electron chi connectivity index (χ3n) is 2.37. The van der Waals surface area contributed by atoms with Gasteiger partial charge in [0.05, 0.1) is 17.3 Å². The van der Waals surface area contributed by atoms with Crippen molar-refractivity contribution in [3.63, 3.8) is 0 Å². The smallest absolute Gasteiger partial charge is 0.335 e. The van der Waals surface area contributed by atoms with Gasteiger partial charge >= 0.3 is 5.97 Å². The van der Waals surface area contributed by atoms with Crippen LogP contribution in [0.1, 0.15) is 20.7 Å². The third kappa shape index (κ3) is 3.11. The topological polar surface area (TPSA) is 84.2 Å². The number of nitrogens with zero attached hydrogens (tertiary/aromatic N) is 2. The van der Waals surface area contributed by atoms with Crippen molar-refractivity contribution in [1.82, 2.24) is 9.78 Å². The van der Waals surface area contributed by atoms with Crippen LogP contribution in [0.5, 0.6) is 0 Å². The zero-order chi connectivity index (χ0) is 14.0. The van der Waals surface area contributed by atoms with E-state index < -0.39 is 5.97 Å². The Hall–Kier alpha value is -2.34. The Bertz CT molecular complexity index is 651. The molecule has 6 nitrogen and oxygen atoms in total. The summed E-state index contributed by atoms with van der Waals surface area (Å²) in [7, 11) is 1.69. The van der Waals surface area contributed by atoms with E-state index in [2.05, 4.69) is 10.4 Å². The number of benzene rings is 1. The number of carbonyl (C=O) groups excluding carboxylic acids is 1. The minimum Gasteiger partial charge on any atom is -0.478 e. The molecule has 2 N–H and O–H groups in total. The highest BCUT2D eigenvalue weighted by Crippen LogP contribution is 2.19. The van der Waals surface area contributed by atoms with Crippen molar-refractivity contribution < 1.29 is 14.7 Å². The van der Waals surface area contributed by atoms with Crippen molar-refractivity contribution in [2.24, 2.45) is 7.05 Å². The van der Waals surface area contributed by atoms with Gasteiger partial charge in [-0.2, -0.15) is 5.10 Å². The summed E-state index contributed by atoms with van der Waals surface area (Å²) < 4.78 is 1.50. The van der Waals surface area contributed by atoms with Gasteiger partial charge in [-0.1, -0.05) is 11.6 Å². The van der Waals surface area contributed by atoms with Crippen LogP contribution in [0.2, 0.25) is 5.02 Å². The first-order valence-electron chi connectivity index (χ1n) is 5.29. The molecule has 7 heteroatoms. The maximum Gasteiger partial charge on any atom is 0.335 e. The van der Waals surface area contributed by atoms with Crippen molar-refractivity contribution in [2.75, 3.05) is 5.32 Å². The lowest BCUT2D eigenvalue weighted by Gasteiger charge is -2.05. The SMILES string of the molecule is Cn1cc(C(=O)Nc2cc(Cl)cc(C(=O)O)c2)cn1. The van der Waals surface area contributed by atoms with Gasteiger partial charge in [0, 0.05) is 24.0 Å². The number of hydrogen-bond acceptors (Lipinski definition) is 3. The molecule has 19 heavy (non-hydrogen) atoms. The number of carboxylic acids is 1. The summed E-state index contributed by atoms with van der Waals surface area (Å²) in [5.41, 5.74) is 0.701. The van der Waals surface area contributed by atoms with Crippen LogP contribution >= 0.6 is 11.6 Å². The molecule has 0 spiro atoms. The first-order chi connectivity index (χ1) is 8.95.